The van der Waals surface area contributed by atoms with E-state index in [4.69, 9.17) is 0 Å². The first-order valence-corrected chi connectivity index (χ1v) is 3.02. The molecule has 4 heteroatoms. The minimum Gasteiger partial charge on any atom is -0.291 e. The zero-order valence-electron chi connectivity index (χ0n) is 5.26. The largest absolute Gasteiger partial charge is 0.327 e. The molecule has 0 aromatic carbocycles. The molecule has 1 atom stereocenters. The average molecular weight is 185 g/mol. The molecule has 0 bridgehead atoms. The van der Waals surface area contributed by atoms with Crippen molar-refractivity contribution in [2.45, 2.75) is 26.4 Å². The molecule has 0 aliphatic carbocycles. The van der Waals surface area contributed by atoms with E-state index in [-0.39, 0.29) is 34.3 Å². The Hall–Kier alpha value is 0.683. The fourth-order valence-corrected chi connectivity index (χ4v) is 0.444. The Balaban J connectivity index is 0. The molecule has 0 spiro atoms. The minimum atomic E-state index is -0.210. The fourth-order valence-electron chi connectivity index (χ4n) is 0.148. The van der Waals surface area contributed by atoms with Crippen LogP contribution in [0.3, 0.4) is 0 Å². The Morgan fingerprint density at radius 2 is 2.25 bits per heavy atom. The zero-order chi connectivity index (χ0) is 5.70. The van der Waals surface area contributed by atoms with Gasteiger partial charge >= 0.3 is 8.69 Å². The van der Waals surface area contributed by atoms with Crippen molar-refractivity contribution in [1.29, 1.82) is 0 Å². The maximum atomic E-state index is 9.65. The molecule has 0 aromatic rings. The summed E-state index contributed by atoms with van der Waals surface area (Å²) in [5.41, 5.74) is 0. The van der Waals surface area contributed by atoms with Crippen LogP contribution in [0.4, 0.5) is 0 Å². The van der Waals surface area contributed by atoms with Gasteiger partial charge in [0.2, 0.25) is 0 Å². The van der Waals surface area contributed by atoms with Gasteiger partial charge in [0.1, 0.15) is 0 Å². The van der Waals surface area contributed by atoms with E-state index in [1.54, 1.807) is 0 Å². The van der Waals surface area contributed by atoms with Gasteiger partial charge in [-0.2, -0.15) is 0 Å². The molecule has 0 amide bonds. The first-order chi connectivity index (χ1) is 3.31. The molecule has 0 saturated carbocycles. The predicted molar refractivity (Wildman–Crippen MR) is 28.4 cm³/mol. The molecular formula is C4H9O2PZn. The van der Waals surface area contributed by atoms with Crippen molar-refractivity contribution in [3.8, 4) is 0 Å². The van der Waals surface area contributed by atoms with Crippen molar-refractivity contribution in [1.82, 2.24) is 0 Å². The predicted octanol–water partition coefficient (Wildman–Crippen LogP) is 2.01. The fraction of sp³-hybridized carbons (Fsp3) is 1.00. The molecule has 0 aliphatic heterocycles. The SMILES string of the molecule is CCC(C)OP=O.[Zn]. The van der Waals surface area contributed by atoms with Gasteiger partial charge in [-0.1, -0.05) is 6.92 Å². The number of hydrogen-bond donors (Lipinski definition) is 0. The zero-order valence-corrected chi connectivity index (χ0v) is 9.12. The van der Waals surface area contributed by atoms with Crippen LogP contribution in [0.2, 0.25) is 0 Å². The van der Waals surface area contributed by atoms with Gasteiger partial charge in [-0.3, -0.25) is 4.52 Å². The van der Waals surface area contributed by atoms with E-state index < -0.39 is 0 Å². The maximum Gasteiger partial charge on any atom is 0.327 e. The summed E-state index contributed by atoms with van der Waals surface area (Å²) < 4.78 is 14.3. The van der Waals surface area contributed by atoms with Gasteiger partial charge in [0.15, 0.2) is 0 Å². The van der Waals surface area contributed by atoms with Crippen molar-refractivity contribution in [2.24, 2.45) is 0 Å². The van der Waals surface area contributed by atoms with Crippen LogP contribution in [0.25, 0.3) is 0 Å². The second-order valence-corrected chi connectivity index (χ2v) is 1.76. The normalized spacial score (nSPS) is 12.8. The smallest absolute Gasteiger partial charge is 0.291 e. The Morgan fingerprint density at radius 3 is 2.38 bits per heavy atom. The van der Waals surface area contributed by atoms with Crippen LogP contribution >= 0.6 is 8.69 Å². The van der Waals surface area contributed by atoms with E-state index in [0.717, 1.165) is 6.42 Å². The molecule has 0 radical (unpaired) electrons. The van der Waals surface area contributed by atoms with Crippen LogP contribution in [-0.2, 0) is 28.6 Å². The van der Waals surface area contributed by atoms with Gasteiger partial charge in [-0.05, 0) is 13.3 Å². The second kappa shape index (κ2) is 7.68. The first-order valence-electron chi connectivity index (χ1n) is 2.29. The Bertz CT molecular complexity index is 60.0. The summed E-state index contributed by atoms with van der Waals surface area (Å²) >= 11 is 0. The molecule has 44 valence electrons. The van der Waals surface area contributed by atoms with Crippen molar-refractivity contribution in [3.05, 3.63) is 0 Å². The van der Waals surface area contributed by atoms with Gasteiger partial charge in [-0.25, -0.2) is 4.57 Å². The number of rotatable bonds is 3. The van der Waals surface area contributed by atoms with Crippen molar-refractivity contribution in [3.63, 3.8) is 0 Å². The Kier molecular flexibility index (Phi) is 11.0. The quantitative estimate of drug-likeness (QED) is 0.497. The van der Waals surface area contributed by atoms with E-state index in [0.29, 0.717) is 0 Å². The average Bonchev–Trinajstić information content (AvgIpc) is 1.68. The van der Waals surface area contributed by atoms with Crippen LogP contribution < -0.4 is 0 Å². The van der Waals surface area contributed by atoms with Crippen LogP contribution in [0.1, 0.15) is 20.3 Å². The third kappa shape index (κ3) is 6.68. The van der Waals surface area contributed by atoms with Crippen molar-refractivity contribution < 1.29 is 28.6 Å². The molecule has 0 saturated heterocycles. The van der Waals surface area contributed by atoms with Crippen LogP contribution in [-0.4, -0.2) is 6.10 Å². The van der Waals surface area contributed by atoms with E-state index in [1.807, 2.05) is 13.8 Å². The summed E-state index contributed by atoms with van der Waals surface area (Å²) in [6, 6.07) is 0. The Morgan fingerprint density at radius 1 is 1.75 bits per heavy atom. The molecule has 1 unspecified atom stereocenters. The van der Waals surface area contributed by atoms with Crippen LogP contribution in [0.5, 0.6) is 0 Å². The second-order valence-electron chi connectivity index (χ2n) is 1.40. The van der Waals surface area contributed by atoms with Gasteiger partial charge in [-0.15, -0.1) is 0 Å². The molecule has 0 aliphatic rings. The summed E-state index contributed by atoms with van der Waals surface area (Å²) in [5.74, 6) is 0. The summed E-state index contributed by atoms with van der Waals surface area (Å²) in [7, 11) is -0.210. The molecule has 0 aromatic heterocycles. The van der Waals surface area contributed by atoms with Crippen LogP contribution in [0.15, 0.2) is 0 Å². The third-order valence-electron chi connectivity index (χ3n) is 0.798. The van der Waals surface area contributed by atoms with E-state index in [1.165, 1.54) is 0 Å². The summed E-state index contributed by atoms with van der Waals surface area (Å²) in [4.78, 5) is 0. The Labute approximate surface area is 64.0 Å². The van der Waals surface area contributed by atoms with Gasteiger partial charge in [0, 0.05) is 19.5 Å². The van der Waals surface area contributed by atoms with Crippen molar-refractivity contribution in [2.75, 3.05) is 0 Å². The third-order valence-corrected chi connectivity index (χ3v) is 1.24. The first kappa shape index (κ1) is 11.5. The van der Waals surface area contributed by atoms with Crippen LogP contribution in [0, 0.1) is 0 Å². The van der Waals surface area contributed by atoms with E-state index in [9.17, 15) is 4.57 Å². The molecule has 2 nitrogen and oxygen atoms in total. The molecular weight excluding hydrogens is 176 g/mol. The van der Waals surface area contributed by atoms with Gasteiger partial charge in [0.05, 0.1) is 6.10 Å². The minimum absolute atomic E-state index is 0. The molecule has 8 heavy (non-hydrogen) atoms. The number of hydrogen-bond acceptors (Lipinski definition) is 2. The van der Waals surface area contributed by atoms with E-state index >= 15 is 0 Å². The standard InChI is InChI=1S/C4H9O2P.Zn/c1-3-4(2)6-7-5;/h4H,3H2,1-2H3;. The van der Waals surface area contributed by atoms with Crippen molar-refractivity contribution >= 4 is 8.69 Å². The monoisotopic (exact) mass is 184 g/mol. The van der Waals surface area contributed by atoms with Gasteiger partial charge in [0.25, 0.3) is 0 Å². The molecule has 0 N–H and O–H groups in total. The maximum absolute atomic E-state index is 9.65. The molecule has 0 heterocycles. The summed E-state index contributed by atoms with van der Waals surface area (Å²) in [5, 5.41) is 0. The topological polar surface area (TPSA) is 26.3 Å². The molecule has 0 fully saturated rings. The summed E-state index contributed by atoms with van der Waals surface area (Å²) in [6.07, 6.45) is 1.04. The summed E-state index contributed by atoms with van der Waals surface area (Å²) in [6.45, 7) is 3.86. The van der Waals surface area contributed by atoms with E-state index in [2.05, 4.69) is 4.52 Å². The van der Waals surface area contributed by atoms with Gasteiger partial charge < -0.3 is 0 Å². The molecule has 0 rings (SSSR count).